The normalized spacial score (nSPS) is 10.9. The van der Waals surface area contributed by atoms with Gasteiger partial charge in [-0.15, -0.1) is 16.9 Å². The lowest BCUT2D eigenvalue weighted by Crippen LogP contribution is -2.11. The van der Waals surface area contributed by atoms with Crippen LogP contribution >= 0.6 is 23.4 Å². The van der Waals surface area contributed by atoms with Gasteiger partial charge in [-0.1, -0.05) is 36.6 Å². The first-order chi connectivity index (χ1) is 12.0. The lowest BCUT2D eigenvalue weighted by molar-refractivity contribution is 0.102. The van der Waals surface area contributed by atoms with Crippen LogP contribution in [0.5, 0.6) is 0 Å². The number of carbonyl (C=O) groups is 1. The zero-order valence-electron chi connectivity index (χ0n) is 13.7. The van der Waals surface area contributed by atoms with E-state index in [9.17, 15) is 4.79 Å². The van der Waals surface area contributed by atoms with Crippen molar-refractivity contribution in [3.8, 4) is 11.5 Å². The van der Waals surface area contributed by atoms with Crippen LogP contribution in [0.4, 0.5) is 6.01 Å². The number of benzene rings is 2. The molecular formula is C18H16ClN3O2S. The molecule has 3 aromatic rings. The molecule has 0 unspecified atom stereocenters. The van der Waals surface area contributed by atoms with Gasteiger partial charge in [0.05, 0.1) is 0 Å². The Balaban J connectivity index is 1.74. The summed E-state index contributed by atoms with van der Waals surface area (Å²) in [6.45, 7) is 4.27. The van der Waals surface area contributed by atoms with Crippen LogP contribution < -0.4 is 5.32 Å². The maximum absolute atomic E-state index is 12.2. The van der Waals surface area contributed by atoms with Gasteiger partial charge in [0.1, 0.15) is 0 Å². The number of hydrogen-bond donors (Lipinski definition) is 1. The monoisotopic (exact) mass is 373 g/mol. The van der Waals surface area contributed by atoms with Crippen LogP contribution in [0.2, 0.25) is 5.02 Å². The average Bonchev–Trinajstić information content (AvgIpc) is 3.03. The summed E-state index contributed by atoms with van der Waals surface area (Å²) in [7, 11) is 0. The molecule has 0 aliphatic carbocycles. The maximum Gasteiger partial charge on any atom is 0.322 e. The molecular weight excluding hydrogens is 358 g/mol. The van der Waals surface area contributed by atoms with E-state index >= 15 is 0 Å². The molecule has 0 radical (unpaired) electrons. The van der Waals surface area contributed by atoms with E-state index in [1.807, 2.05) is 24.3 Å². The van der Waals surface area contributed by atoms with E-state index < -0.39 is 0 Å². The van der Waals surface area contributed by atoms with Crippen LogP contribution in [0.15, 0.2) is 57.8 Å². The number of rotatable bonds is 5. The summed E-state index contributed by atoms with van der Waals surface area (Å²) < 4.78 is 5.56. The number of nitrogens with zero attached hydrogens (tertiary/aromatic N) is 2. The molecule has 1 aromatic heterocycles. The highest BCUT2D eigenvalue weighted by atomic mass is 35.5. The molecule has 5 nitrogen and oxygen atoms in total. The Bertz CT molecular complexity index is 878. The van der Waals surface area contributed by atoms with Crippen molar-refractivity contribution in [2.24, 2.45) is 0 Å². The van der Waals surface area contributed by atoms with Crippen molar-refractivity contribution in [1.29, 1.82) is 0 Å². The minimum Gasteiger partial charge on any atom is -0.403 e. The van der Waals surface area contributed by atoms with Crippen molar-refractivity contribution in [2.45, 2.75) is 24.0 Å². The number of thioether (sulfide) groups is 1. The third kappa shape index (κ3) is 4.61. The molecule has 0 saturated carbocycles. The summed E-state index contributed by atoms with van der Waals surface area (Å²) in [5.74, 6) is 0.0218. The Morgan fingerprint density at radius 1 is 1.16 bits per heavy atom. The number of amides is 1. The molecule has 0 aliphatic heterocycles. The van der Waals surface area contributed by atoms with Gasteiger partial charge in [-0.25, -0.2) is 0 Å². The number of nitrogens with one attached hydrogen (secondary N) is 1. The molecule has 0 aliphatic rings. The van der Waals surface area contributed by atoms with Crippen LogP contribution in [0.3, 0.4) is 0 Å². The molecule has 0 fully saturated rings. The van der Waals surface area contributed by atoms with E-state index in [4.69, 9.17) is 16.0 Å². The highest BCUT2D eigenvalue weighted by molar-refractivity contribution is 7.99. The summed E-state index contributed by atoms with van der Waals surface area (Å²) in [5.41, 5.74) is 1.27. The lowest BCUT2D eigenvalue weighted by atomic mass is 10.2. The first kappa shape index (κ1) is 17.5. The molecule has 1 N–H and O–H groups in total. The van der Waals surface area contributed by atoms with Crippen molar-refractivity contribution in [1.82, 2.24) is 10.2 Å². The van der Waals surface area contributed by atoms with Gasteiger partial charge in [-0.3, -0.25) is 10.1 Å². The van der Waals surface area contributed by atoms with E-state index in [2.05, 4.69) is 29.4 Å². The molecule has 2 aromatic carbocycles. The fourth-order valence-electron chi connectivity index (χ4n) is 2.14. The third-order valence-electron chi connectivity index (χ3n) is 3.20. The Labute approximate surface area is 154 Å². The smallest absolute Gasteiger partial charge is 0.322 e. The van der Waals surface area contributed by atoms with Crippen LogP contribution in [0.1, 0.15) is 24.2 Å². The van der Waals surface area contributed by atoms with Gasteiger partial charge >= 0.3 is 6.01 Å². The second kappa shape index (κ2) is 7.72. The largest absolute Gasteiger partial charge is 0.403 e. The number of anilines is 1. The summed E-state index contributed by atoms with van der Waals surface area (Å²) in [6, 6.07) is 14.5. The molecule has 7 heteroatoms. The zero-order chi connectivity index (χ0) is 17.8. The maximum atomic E-state index is 12.2. The molecule has 0 atom stereocenters. The quantitative estimate of drug-likeness (QED) is 0.627. The summed E-state index contributed by atoms with van der Waals surface area (Å²) in [4.78, 5) is 13.3. The Kier molecular flexibility index (Phi) is 5.40. The molecule has 0 spiro atoms. The molecule has 1 amide bonds. The number of carbonyl (C=O) groups excluding carboxylic acids is 1. The van der Waals surface area contributed by atoms with Gasteiger partial charge < -0.3 is 4.42 Å². The summed E-state index contributed by atoms with van der Waals surface area (Å²) in [6.07, 6.45) is 0. The second-order valence-corrected chi connectivity index (χ2v) is 7.65. The average molecular weight is 374 g/mol. The van der Waals surface area contributed by atoms with Crippen LogP contribution in [0, 0.1) is 0 Å². The van der Waals surface area contributed by atoms with Crippen molar-refractivity contribution < 1.29 is 9.21 Å². The van der Waals surface area contributed by atoms with Gasteiger partial charge in [0.15, 0.2) is 0 Å². The fraction of sp³-hybridized carbons (Fsp3) is 0.167. The van der Waals surface area contributed by atoms with E-state index in [-0.39, 0.29) is 11.9 Å². The molecule has 1 heterocycles. The van der Waals surface area contributed by atoms with E-state index in [1.54, 1.807) is 36.0 Å². The lowest BCUT2D eigenvalue weighted by Gasteiger charge is -2.05. The summed E-state index contributed by atoms with van der Waals surface area (Å²) >= 11 is 7.57. The highest BCUT2D eigenvalue weighted by Gasteiger charge is 2.13. The van der Waals surface area contributed by atoms with Gasteiger partial charge in [0, 0.05) is 26.3 Å². The number of hydrogen-bond acceptors (Lipinski definition) is 5. The van der Waals surface area contributed by atoms with Crippen molar-refractivity contribution >= 4 is 35.3 Å². The van der Waals surface area contributed by atoms with Gasteiger partial charge in [0.25, 0.3) is 5.91 Å². The molecule has 0 bridgehead atoms. The predicted molar refractivity (Wildman–Crippen MR) is 100 cm³/mol. The number of halogens is 1. The predicted octanol–water partition coefficient (Wildman–Crippen LogP) is 5.14. The summed E-state index contributed by atoms with van der Waals surface area (Å²) in [5, 5.41) is 11.5. The molecule has 3 rings (SSSR count). The Morgan fingerprint density at radius 3 is 2.64 bits per heavy atom. The van der Waals surface area contributed by atoms with Crippen molar-refractivity contribution in [3.05, 3.63) is 59.1 Å². The Hall–Kier alpha value is -2.31. The number of aromatic nitrogens is 2. The zero-order valence-corrected chi connectivity index (χ0v) is 15.3. The van der Waals surface area contributed by atoms with Gasteiger partial charge in [0.2, 0.25) is 5.89 Å². The van der Waals surface area contributed by atoms with Crippen molar-refractivity contribution in [2.75, 3.05) is 5.32 Å². The first-order valence-electron chi connectivity index (χ1n) is 7.69. The topological polar surface area (TPSA) is 68.0 Å². The Morgan fingerprint density at radius 2 is 1.92 bits per heavy atom. The van der Waals surface area contributed by atoms with Crippen LogP contribution in [-0.2, 0) is 0 Å². The van der Waals surface area contributed by atoms with E-state index in [0.29, 0.717) is 21.7 Å². The van der Waals surface area contributed by atoms with E-state index in [1.165, 1.54) is 0 Å². The minimum atomic E-state index is -0.337. The SMILES string of the molecule is CC(C)Sc1cccc(-c2nnc(NC(=O)c3ccc(Cl)cc3)o2)c1. The fourth-order valence-corrected chi connectivity index (χ4v) is 3.16. The third-order valence-corrected chi connectivity index (χ3v) is 4.45. The van der Waals surface area contributed by atoms with E-state index in [0.717, 1.165) is 10.5 Å². The molecule has 25 heavy (non-hydrogen) atoms. The van der Waals surface area contributed by atoms with Gasteiger partial charge in [-0.2, -0.15) is 0 Å². The first-order valence-corrected chi connectivity index (χ1v) is 8.94. The van der Waals surface area contributed by atoms with Gasteiger partial charge in [-0.05, 0) is 42.5 Å². The van der Waals surface area contributed by atoms with Crippen LogP contribution in [0.25, 0.3) is 11.5 Å². The minimum absolute atomic E-state index is 0.0527. The highest BCUT2D eigenvalue weighted by Crippen LogP contribution is 2.28. The second-order valence-electron chi connectivity index (χ2n) is 5.57. The van der Waals surface area contributed by atoms with Crippen molar-refractivity contribution in [3.63, 3.8) is 0 Å². The molecule has 128 valence electrons. The standard InChI is InChI=1S/C18H16ClN3O2S/c1-11(2)25-15-5-3-4-13(10-15)17-21-22-18(24-17)20-16(23)12-6-8-14(19)9-7-12/h3-11H,1-2H3,(H,20,22,23). The molecule has 0 saturated heterocycles. The van der Waals surface area contributed by atoms with Crippen LogP contribution in [-0.4, -0.2) is 21.4 Å².